The number of likely N-dealkylation sites (tertiary alicyclic amines) is 1. The van der Waals surface area contributed by atoms with E-state index in [1.807, 2.05) is 0 Å². The highest BCUT2D eigenvalue weighted by Gasteiger charge is 2.43. The highest BCUT2D eigenvalue weighted by molar-refractivity contribution is 6.00. The molecule has 2 aliphatic heterocycles. The van der Waals surface area contributed by atoms with Crippen molar-refractivity contribution in [1.29, 1.82) is 5.26 Å². The highest BCUT2D eigenvalue weighted by atomic mass is 19.1. The summed E-state index contributed by atoms with van der Waals surface area (Å²) in [6.07, 6.45) is 6.53. The van der Waals surface area contributed by atoms with Crippen LogP contribution in [0.25, 0.3) is 11.4 Å². The molecule has 2 atom stereocenters. The third-order valence-electron chi connectivity index (χ3n) is 6.24. The quantitative estimate of drug-likeness (QED) is 0.610. The van der Waals surface area contributed by atoms with Crippen LogP contribution in [0, 0.1) is 17.1 Å². The van der Waals surface area contributed by atoms with Crippen LogP contribution in [0.1, 0.15) is 28.8 Å². The number of aromatic nitrogens is 3. The molecule has 4 heterocycles. The zero-order valence-corrected chi connectivity index (χ0v) is 18.0. The van der Waals surface area contributed by atoms with E-state index in [-0.39, 0.29) is 18.0 Å². The van der Waals surface area contributed by atoms with Crippen molar-refractivity contribution >= 4 is 11.7 Å². The molecule has 2 unspecified atom stereocenters. The molecule has 9 heteroatoms. The first-order chi connectivity index (χ1) is 16.1. The maximum atomic E-state index is 14.0. The Morgan fingerprint density at radius 1 is 1.12 bits per heavy atom. The number of carbonyl (C=O) groups is 1. The van der Waals surface area contributed by atoms with Crippen LogP contribution in [-0.2, 0) is 0 Å². The van der Waals surface area contributed by atoms with Crippen molar-refractivity contribution in [3.8, 4) is 23.2 Å². The number of nitrogens with zero attached hydrogens (tertiary/aromatic N) is 6. The van der Waals surface area contributed by atoms with Gasteiger partial charge in [-0.15, -0.1) is 0 Å². The van der Waals surface area contributed by atoms with Gasteiger partial charge in [0.15, 0.2) is 17.4 Å². The molecular formula is C24H21FN6O2. The molecule has 33 heavy (non-hydrogen) atoms. The largest absolute Gasteiger partial charge is 0.492 e. The number of methoxy groups -OCH3 is 1. The number of fused-ring (bicyclic) bond motifs is 2. The standard InChI is InChI=1S/C24H21FN6O2/c1-33-21-15(12-26)7-10-29-23(21)31-17-4-5-18(31)14-30(13-17)24(32)19-6-3-16(25)11-20(19)22-27-8-2-9-28-22/h2-3,6-11,17-18H,4-5,13-14H2,1H3. The first-order valence-corrected chi connectivity index (χ1v) is 10.7. The third-order valence-corrected chi connectivity index (χ3v) is 6.24. The monoisotopic (exact) mass is 444 g/mol. The number of pyridine rings is 1. The molecule has 2 bridgehead atoms. The van der Waals surface area contributed by atoms with Crippen LogP contribution < -0.4 is 9.64 Å². The van der Waals surface area contributed by atoms with E-state index in [9.17, 15) is 14.4 Å². The predicted octanol–water partition coefficient (Wildman–Crippen LogP) is 3.05. The number of hydrogen-bond acceptors (Lipinski definition) is 7. The molecule has 2 aliphatic rings. The number of nitriles is 1. The van der Waals surface area contributed by atoms with Crippen molar-refractivity contribution in [1.82, 2.24) is 19.9 Å². The Labute approximate surface area is 190 Å². The first-order valence-electron chi connectivity index (χ1n) is 10.7. The van der Waals surface area contributed by atoms with Gasteiger partial charge in [0.2, 0.25) is 0 Å². The Bertz CT molecular complexity index is 1230. The molecule has 2 aromatic heterocycles. The van der Waals surface area contributed by atoms with Crippen LogP contribution in [0.2, 0.25) is 0 Å². The second kappa shape index (κ2) is 8.47. The number of ether oxygens (including phenoxy) is 1. The molecule has 0 radical (unpaired) electrons. The lowest BCUT2D eigenvalue weighted by Gasteiger charge is -2.42. The molecule has 0 saturated carbocycles. The molecule has 5 rings (SSSR count). The smallest absolute Gasteiger partial charge is 0.254 e. The number of halogens is 1. The van der Waals surface area contributed by atoms with E-state index in [0.29, 0.717) is 47.2 Å². The second-order valence-corrected chi connectivity index (χ2v) is 8.09. The lowest BCUT2D eigenvalue weighted by atomic mass is 10.0. The van der Waals surface area contributed by atoms with Gasteiger partial charge in [-0.1, -0.05) is 0 Å². The summed E-state index contributed by atoms with van der Waals surface area (Å²) >= 11 is 0. The number of rotatable bonds is 4. The highest BCUT2D eigenvalue weighted by Crippen LogP contribution is 2.40. The minimum Gasteiger partial charge on any atom is -0.492 e. The Hall–Kier alpha value is -4.06. The molecule has 0 aliphatic carbocycles. The summed E-state index contributed by atoms with van der Waals surface area (Å²) in [5.41, 5.74) is 1.18. The normalized spacial score (nSPS) is 19.3. The van der Waals surface area contributed by atoms with E-state index in [4.69, 9.17) is 4.74 Å². The summed E-state index contributed by atoms with van der Waals surface area (Å²) in [4.78, 5) is 30.4. The molecule has 2 fully saturated rings. The van der Waals surface area contributed by atoms with Gasteiger partial charge in [0.05, 0.1) is 18.2 Å². The van der Waals surface area contributed by atoms with Crippen molar-refractivity contribution in [3.05, 3.63) is 65.9 Å². The molecule has 2 saturated heterocycles. The molecule has 3 aromatic rings. The van der Waals surface area contributed by atoms with E-state index >= 15 is 0 Å². The molecule has 1 aromatic carbocycles. The van der Waals surface area contributed by atoms with Gasteiger partial charge in [-0.2, -0.15) is 5.26 Å². The van der Waals surface area contributed by atoms with Gasteiger partial charge in [0.25, 0.3) is 5.91 Å². The van der Waals surface area contributed by atoms with Crippen LogP contribution in [0.3, 0.4) is 0 Å². The SMILES string of the molecule is COc1c(C#N)ccnc1N1C2CCC1CN(C(=O)c1ccc(F)cc1-c1ncccn1)C2. The first kappa shape index (κ1) is 20.8. The van der Waals surface area contributed by atoms with Crippen LogP contribution in [0.4, 0.5) is 10.2 Å². The van der Waals surface area contributed by atoms with Crippen molar-refractivity contribution in [3.63, 3.8) is 0 Å². The van der Waals surface area contributed by atoms with E-state index in [1.54, 1.807) is 35.6 Å². The van der Waals surface area contributed by atoms with E-state index in [1.165, 1.54) is 25.3 Å². The van der Waals surface area contributed by atoms with Gasteiger partial charge >= 0.3 is 0 Å². The van der Waals surface area contributed by atoms with Crippen LogP contribution in [-0.4, -0.2) is 58.0 Å². The molecule has 0 N–H and O–H groups in total. The van der Waals surface area contributed by atoms with E-state index < -0.39 is 5.82 Å². The maximum absolute atomic E-state index is 14.0. The zero-order valence-electron chi connectivity index (χ0n) is 18.0. The fraction of sp³-hybridized carbons (Fsp3) is 0.292. The van der Waals surface area contributed by atoms with Crippen LogP contribution in [0.15, 0.2) is 48.9 Å². The summed E-state index contributed by atoms with van der Waals surface area (Å²) in [5, 5.41) is 9.43. The Morgan fingerprint density at radius 2 is 1.85 bits per heavy atom. The van der Waals surface area contributed by atoms with Gasteiger partial charge in [0, 0.05) is 49.3 Å². The molecule has 8 nitrogen and oxygen atoms in total. The average molecular weight is 444 g/mol. The molecule has 0 spiro atoms. The Kier molecular flexibility index (Phi) is 5.34. The Morgan fingerprint density at radius 3 is 2.52 bits per heavy atom. The number of anilines is 1. The summed E-state index contributed by atoms with van der Waals surface area (Å²) in [7, 11) is 1.53. The summed E-state index contributed by atoms with van der Waals surface area (Å²) in [6.45, 7) is 0.979. The number of carbonyl (C=O) groups excluding carboxylic acids is 1. The fourth-order valence-corrected chi connectivity index (χ4v) is 4.82. The maximum Gasteiger partial charge on any atom is 0.254 e. The molecule has 166 valence electrons. The van der Waals surface area contributed by atoms with Crippen molar-refractivity contribution in [2.24, 2.45) is 0 Å². The van der Waals surface area contributed by atoms with Gasteiger partial charge in [0.1, 0.15) is 11.9 Å². The summed E-state index contributed by atoms with van der Waals surface area (Å²) in [6, 6.07) is 9.62. The minimum atomic E-state index is -0.450. The third kappa shape index (κ3) is 3.63. The average Bonchev–Trinajstić information content (AvgIpc) is 3.11. The topological polar surface area (TPSA) is 95.2 Å². The van der Waals surface area contributed by atoms with E-state index in [2.05, 4.69) is 25.9 Å². The number of hydrogen-bond donors (Lipinski definition) is 0. The van der Waals surface area contributed by atoms with Crippen molar-refractivity contribution in [2.45, 2.75) is 24.9 Å². The molecular weight excluding hydrogens is 423 g/mol. The van der Waals surface area contributed by atoms with Gasteiger partial charge in [-0.25, -0.2) is 19.3 Å². The van der Waals surface area contributed by atoms with Gasteiger partial charge in [-0.05, 0) is 43.2 Å². The summed E-state index contributed by atoms with van der Waals surface area (Å²) in [5.74, 6) is 0.772. The second-order valence-electron chi connectivity index (χ2n) is 8.09. The van der Waals surface area contributed by atoms with Crippen LogP contribution >= 0.6 is 0 Å². The van der Waals surface area contributed by atoms with Crippen molar-refractivity contribution < 1.29 is 13.9 Å². The Balaban J connectivity index is 1.45. The number of benzene rings is 1. The fourth-order valence-electron chi connectivity index (χ4n) is 4.82. The lowest BCUT2D eigenvalue weighted by molar-refractivity contribution is 0.0718. The predicted molar refractivity (Wildman–Crippen MR) is 118 cm³/mol. The lowest BCUT2D eigenvalue weighted by Crippen LogP contribution is -2.56. The zero-order chi connectivity index (χ0) is 22.9. The van der Waals surface area contributed by atoms with Gasteiger partial charge in [-0.3, -0.25) is 4.79 Å². The van der Waals surface area contributed by atoms with E-state index in [0.717, 1.165) is 12.8 Å². The molecule has 1 amide bonds. The number of amides is 1. The summed E-state index contributed by atoms with van der Waals surface area (Å²) < 4.78 is 19.5. The number of piperazine rings is 1. The van der Waals surface area contributed by atoms with Gasteiger partial charge < -0.3 is 14.5 Å². The van der Waals surface area contributed by atoms with Crippen LogP contribution in [0.5, 0.6) is 5.75 Å². The van der Waals surface area contributed by atoms with Crippen molar-refractivity contribution in [2.75, 3.05) is 25.1 Å². The minimum absolute atomic E-state index is 0.0416.